The van der Waals surface area contributed by atoms with Gasteiger partial charge in [0, 0.05) is 31.7 Å². The fraction of sp³-hybridized carbons (Fsp3) is 0.684. The number of aliphatic hydroxyl groups excluding tert-OH is 1. The first-order valence-electron chi connectivity index (χ1n) is 9.02. The maximum atomic E-state index is 9.63. The van der Waals surface area contributed by atoms with Gasteiger partial charge in [0.05, 0.1) is 18.8 Å². The maximum Gasteiger partial charge on any atom is 0.0852 e. The molecule has 3 rings (SSSR count). The topological polar surface area (TPSA) is 44.7 Å². The van der Waals surface area contributed by atoms with E-state index in [2.05, 4.69) is 47.5 Å². The van der Waals surface area contributed by atoms with Gasteiger partial charge >= 0.3 is 0 Å². The molecule has 2 unspecified atom stereocenters. The molecule has 1 saturated heterocycles. The number of ether oxygens (including phenoxy) is 1. The van der Waals surface area contributed by atoms with Crippen molar-refractivity contribution in [2.45, 2.75) is 63.4 Å². The smallest absolute Gasteiger partial charge is 0.0852 e. The Morgan fingerprint density at radius 2 is 1.96 bits per heavy atom. The number of rotatable bonds is 5. The number of hydrogen-bond acceptors (Lipinski definition) is 4. The van der Waals surface area contributed by atoms with Crippen LogP contribution in [0.15, 0.2) is 30.3 Å². The molecular weight excluding hydrogens is 288 g/mol. The van der Waals surface area contributed by atoms with Gasteiger partial charge in [0.25, 0.3) is 0 Å². The third-order valence-corrected chi connectivity index (χ3v) is 5.18. The second-order valence-electron chi connectivity index (χ2n) is 7.09. The third kappa shape index (κ3) is 5.01. The molecule has 2 aliphatic rings. The Kier molecular flexibility index (Phi) is 6.06. The molecule has 0 amide bonds. The number of hydrogen-bond donors (Lipinski definition) is 2. The minimum atomic E-state index is -0.0874. The van der Waals surface area contributed by atoms with Crippen LogP contribution in [0.1, 0.15) is 38.2 Å². The van der Waals surface area contributed by atoms with E-state index in [4.69, 9.17) is 4.74 Å². The van der Waals surface area contributed by atoms with E-state index in [1.165, 1.54) is 5.56 Å². The van der Waals surface area contributed by atoms with Gasteiger partial charge in [-0.05, 0) is 38.2 Å². The number of nitrogens with zero attached hydrogens (tertiary/aromatic N) is 1. The molecule has 2 atom stereocenters. The van der Waals surface area contributed by atoms with Crippen LogP contribution >= 0.6 is 0 Å². The zero-order valence-corrected chi connectivity index (χ0v) is 14.2. The van der Waals surface area contributed by atoms with Crippen LogP contribution in [0.2, 0.25) is 0 Å². The van der Waals surface area contributed by atoms with E-state index in [1.54, 1.807) is 0 Å². The van der Waals surface area contributed by atoms with Crippen molar-refractivity contribution in [2.75, 3.05) is 19.7 Å². The number of morpholine rings is 1. The van der Waals surface area contributed by atoms with Crippen molar-refractivity contribution < 1.29 is 9.84 Å². The van der Waals surface area contributed by atoms with Gasteiger partial charge in [0.1, 0.15) is 0 Å². The first-order valence-corrected chi connectivity index (χ1v) is 9.02. The van der Waals surface area contributed by atoms with Crippen LogP contribution in [0.25, 0.3) is 0 Å². The van der Waals surface area contributed by atoms with Crippen molar-refractivity contribution >= 4 is 0 Å². The summed E-state index contributed by atoms with van der Waals surface area (Å²) in [5, 5.41) is 13.4. The molecule has 2 N–H and O–H groups in total. The maximum absolute atomic E-state index is 9.63. The second kappa shape index (κ2) is 8.25. The molecule has 2 fully saturated rings. The summed E-state index contributed by atoms with van der Waals surface area (Å²) in [4.78, 5) is 2.49. The molecular formula is C19H30N2O2. The highest BCUT2D eigenvalue weighted by Crippen LogP contribution is 2.20. The largest absolute Gasteiger partial charge is 0.393 e. The monoisotopic (exact) mass is 318 g/mol. The van der Waals surface area contributed by atoms with E-state index >= 15 is 0 Å². The highest BCUT2D eigenvalue weighted by molar-refractivity contribution is 5.14. The molecule has 1 aliphatic heterocycles. The lowest BCUT2D eigenvalue weighted by molar-refractivity contribution is -0.0488. The molecule has 1 aromatic rings. The standard InChI is InChI=1S/C19H30N2O2/c1-15(20-17-7-9-18(22)10-8-17)19-14-21(11-12-23-19)13-16-5-3-2-4-6-16/h2-6,15,17-20,22H,7-14H2,1H3. The molecule has 128 valence electrons. The SMILES string of the molecule is CC(NC1CCC(O)CC1)C1CN(Cc2ccccc2)CCO1. The van der Waals surface area contributed by atoms with Crippen LogP contribution in [0, 0.1) is 0 Å². The molecule has 0 bridgehead atoms. The van der Waals surface area contributed by atoms with Gasteiger partial charge in [-0.25, -0.2) is 0 Å². The van der Waals surface area contributed by atoms with Crippen LogP contribution in [0.5, 0.6) is 0 Å². The highest BCUT2D eigenvalue weighted by Gasteiger charge is 2.28. The Bertz CT molecular complexity index is 460. The third-order valence-electron chi connectivity index (χ3n) is 5.18. The van der Waals surface area contributed by atoms with Crippen LogP contribution in [0.4, 0.5) is 0 Å². The minimum absolute atomic E-state index is 0.0874. The predicted molar refractivity (Wildman–Crippen MR) is 92.3 cm³/mol. The van der Waals surface area contributed by atoms with Gasteiger partial charge in [-0.3, -0.25) is 4.90 Å². The fourth-order valence-electron chi connectivity index (χ4n) is 3.74. The highest BCUT2D eigenvalue weighted by atomic mass is 16.5. The molecule has 1 saturated carbocycles. The van der Waals surface area contributed by atoms with Gasteiger partial charge < -0.3 is 15.2 Å². The fourth-order valence-corrected chi connectivity index (χ4v) is 3.74. The molecule has 1 aliphatic carbocycles. The zero-order chi connectivity index (χ0) is 16.1. The Morgan fingerprint density at radius 1 is 1.22 bits per heavy atom. The summed E-state index contributed by atoms with van der Waals surface area (Å²) < 4.78 is 6.02. The summed E-state index contributed by atoms with van der Waals surface area (Å²) in [5.41, 5.74) is 1.37. The average Bonchev–Trinajstić information content (AvgIpc) is 2.58. The van der Waals surface area contributed by atoms with E-state index in [9.17, 15) is 5.11 Å². The Labute approximate surface area is 139 Å². The normalized spacial score (nSPS) is 31.0. The lowest BCUT2D eigenvalue weighted by Gasteiger charge is -2.38. The molecule has 0 radical (unpaired) electrons. The van der Waals surface area contributed by atoms with Crippen molar-refractivity contribution in [3.8, 4) is 0 Å². The Hall–Kier alpha value is -0.940. The first kappa shape index (κ1) is 16.9. The first-order chi connectivity index (χ1) is 11.2. The van der Waals surface area contributed by atoms with Gasteiger partial charge in [0.2, 0.25) is 0 Å². The molecule has 4 heteroatoms. The predicted octanol–water partition coefficient (Wildman–Crippen LogP) is 2.17. The van der Waals surface area contributed by atoms with Crippen LogP contribution in [-0.4, -0.2) is 54.0 Å². The molecule has 0 spiro atoms. The lowest BCUT2D eigenvalue weighted by atomic mass is 9.92. The minimum Gasteiger partial charge on any atom is -0.393 e. The van der Waals surface area contributed by atoms with Gasteiger partial charge in [0.15, 0.2) is 0 Å². The summed E-state index contributed by atoms with van der Waals surface area (Å²) in [6, 6.07) is 11.6. The summed E-state index contributed by atoms with van der Waals surface area (Å²) in [6.45, 7) is 6.05. The summed E-state index contributed by atoms with van der Waals surface area (Å²) >= 11 is 0. The van der Waals surface area contributed by atoms with Crippen LogP contribution < -0.4 is 5.32 Å². The van der Waals surface area contributed by atoms with Crippen LogP contribution in [0.3, 0.4) is 0 Å². The van der Waals surface area contributed by atoms with Crippen molar-refractivity contribution in [2.24, 2.45) is 0 Å². The van der Waals surface area contributed by atoms with E-state index in [1.807, 2.05) is 0 Å². The van der Waals surface area contributed by atoms with E-state index in [0.29, 0.717) is 12.1 Å². The van der Waals surface area contributed by atoms with Crippen molar-refractivity contribution in [3.05, 3.63) is 35.9 Å². The van der Waals surface area contributed by atoms with Crippen LogP contribution in [-0.2, 0) is 11.3 Å². The van der Waals surface area contributed by atoms with Crippen molar-refractivity contribution in [1.82, 2.24) is 10.2 Å². The van der Waals surface area contributed by atoms with Crippen molar-refractivity contribution in [1.29, 1.82) is 0 Å². The average molecular weight is 318 g/mol. The molecule has 1 aromatic carbocycles. The molecule has 0 aromatic heterocycles. The number of aliphatic hydroxyl groups is 1. The second-order valence-corrected chi connectivity index (χ2v) is 7.09. The Morgan fingerprint density at radius 3 is 2.70 bits per heavy atom. The molecule has 23 heavy (non-hydrogen) atoms. The molecule has 1 heterocycles. The van der Waals surface area contributed by atoms with Gasteiger partial charge in [-0.1, -0.05) is 30.3 Å². The lowest BCUT2D eigenvalue weighted by Crippen LogP contribution is -2.53. The Balaban J connectivity index is 1.47. The number of benzene rings is 1. The summed E-state index contributed by atoms with van der Waals surface area (Å²) in [5.74, 6) is 0. The van der Waals surface area contributed by atoms with Crippen molar-refractivity contribution in [3.63, 3.8) is 0 Å². The van der Waals surface area contributed by atoms with Gasteiger partial charge in [-0.2, -0.15) is 0 Å². The summed E-state index contributed by atoms with van der Waals surface area (Å²) in [6.07, 6.45) is 4.17. The zero-order valence-electron chi connectivity index (χ0n) is 14.2. The van der Waals surface area contributed by atoms with E-state index in [0.717, 1.165) is 51.9 Å². The van der Waals surface area contributed by atoms with E-state index < -0.39 is 0 Å². The quantitative estimate of drug-likeness (QED) is 0.873. The summed E-state index contributed by atoms with van der Waals surface area (Å²) in [7, 11) is 0. The molecule has 4 nitrogen and oxygen atoms in total. The van der Waals surface area contributed by atoms with E-state index in [-0.39, 0.29) is 12.2 Å². The number of nitrogens with one attached hydrogen (secondary N) is 1. The van der Waals surface area contributed by atoms with Gasteiger partial charge in [-0.15, -0.1) is 0 Å².